The van der Waals surface area contributed by atoms with Gasteiger partial charge in [0.25, 0.3) is 0 Å². The Bertz CT molecular complexity index is 604. The Balaban J connectivity index is 0.00000176. The summed E-state index contributed by atoms with van der Waals surface area (Å²) in [6.07, 6.45) is 6.77. The first-order chi connectivity index (χ1) is 10.3. The van der Waals surface area contributed by atoms with Gasteiger partial charge in [-0.2, -0.15) is 0 Å². The molecule has 0 spiro atoms. The molecule has 2 aromatic heterocycles. The van der Waals surface area contributed by atoms with Crippen LogP contribution in [-0.4, -0.2) is 53.7 Å². The van der Waals surface area contributed by atoms with Gasteiger partial charge in [0.1, 0.15) is 12.4 Å². The number of aromatic nitrogens is 4. The van der Waals surface area contributed by atoms with Crippen molar-refractivity contribution in [3.63, 3.8) is 0 Å². The second-order valence-corrected chi connectivity index (χ2v) is 5.05. The summed E-state index contributed by atoms with van der Waals surface area (Å²) in [6.45, 7) is 2.28. The maximum atomic E-state index is 5.85. The van der Waals surface area contributed by atoms with Crippen molar-refractivity contribution >= 4 is 18.4 Å². The van der Waals surface area contributed by atoms with Gasteiger partial charge < -0.3 is 15.0 Å². The van der Waals surface area contributed by atoms with Crippen LogP contribution in [0.1, 0.15) is 11.8 Å². The Morgan fingerprint density at radius 1 is 1.23 bits per heavy atom. The number of nitrogens with zero attached hydrogens (tertiary/aromatic N) is 5. The molecule has 3 heterocycles. The van der Waals surface area contributed by atoms with Gasteiger partial charge >= 0.3 is 0 Å². The highest BCUT2D eigenvalue weighted by atomic mass is 35.5. The molecular weight excluding hydrogens is 304 g/mol. The number of anilines is 1. The van der Waals surface area contributed by atoms with Crippen molar-refractivity contribution in [3.05, 3.63) is 30.6 Å². The van der Waals surface area contributed by atoms with Crippen LogP contribution in [0.4, 0.5) is 5.95 Å². The van der Waals surface area contributed by atoms with E-state index in [9.17, 15) is 0 Å². The molecule has 7 nitrogen and oxygen atoms in total. The first-order valence-corrected chi connectivity index (χ1v) is 6.87. The summed E-state index contributed by atoms with van der Waals surface area (Å²) in [5, 5.41) is 3.33. The van der Waals surface area contributed by atoms with Crippen LogP contribution in [0, 0.1) is 0 Å². The predicted molar refractivity (Wildman–Crippen MR) is 86.2 cm³/mol. The van der Waals surface area contributed by atoms with Gasteiger partial charge in [-0.15, -0.1) is 12.4 Å². The third kappa shape index (κ3) is 3.49. The molecule has 1 saturated heterocycles. The minimum Gasteiger partial charge on any atom is -0.369 e. The lowest BCUT2D eigenvalue weighted by Gasteiger charge is -2.25. The van der Waals surface area contributed by atoms with Crippen molar-refractivity contribution in [1.82, 2.24) is 25.3 Å². The van der Waals surface area contributed by atoms with Gasteiger partial charge in [-0.25, -0.2) is 19.9 Å². The molecule has 1 N–H and O–H groups in total. The highest BCUT2D eigenvalue weighted by molar-refractivity contribution is 5.85. The van der Waals surface area contributed by atoms with Gasteiger partial charge in [0, 0.05) is 56.9 Å². The lowest BCUT2D eigenvalue weighted by Crippen LogP contribution is -2.34. The van der Waals surface area contributed by atoms with E-state index < -0.39 is 0 Å². The fraction of sp³-hybridized carbons (Fsp3) is 0.429. The van der Waals surface area contributed by atoms with E-state index in [1.54, 1.807) is 12.4 Å². The molecule has 0 aliphatic carbocycles. The van der Waals surface area contributed by atoms with Crippen LogP contribution in [0.2, 0.25) is 0 Å². The summed E-state index contributed by atoms with van der Waals surface area (Å²) in [7, 11) is 3.84. The van der Waals surface area contributed by atoms with Gasteiger partial charge in [0.2, 0.25) is 5.95 Å². The molecule has 0 saturated carbocycles. The number of morpholine rings is 1. The van der Waals surface area contributed by atoms with E-state index >= 15 is 0 Å². The van der Waals surface area contributed by atoms with E-state index in [0.29, 0.717) is 12.6 Å². The van der Waals surface area contributed by atoms with E-state index in [4.69, 9.17) is 4.74 Å². The second-order valence-electron chi connectivity index (χ2n) is 5.05. The number of nitrogens with one attached hydrogen (secondary N) is 1. The van der Waals surface area contributed by atoms with E-state index in [2.05, 4.69) is 25.3 Å². The predicted octanol–water partition coefficient (Wildman–Crippen LogP) is 1.08. The molecule has 1 aliphatic rings. The average Bonchev–Trinajstić information content (AvgIpc) is 2.56. The number of halogens is 1. The van der Waals surface area contributed by atoms with Gasteiger partial charge in [0.15, 0.2) is 0 Å². The van der Waals surface area contributed by atoms with Crippen LogP contribution in [0.15, 0.2) is 24.9 Å². The highest BCUT2D eigenvalue weighted by Crippen LogP contribution is 2.29. The molecule has 0 bridgehead atoms. The number of rotatable bonds is 3. The lowest BCUT2D eigenvalue weighted by atomic mass is 10.0. The molecular formula is C14H19ClN6O. The van der Waals surface area contributed by atoms with Gasteiger partial charge in [0.05, 0.1) is 12.3 Å². The fourth-order valence-electron chi connectivity index (χ4n) is 2.25. The number of hydrogen-bond acceptors (Lipinski definition) is 7. The Morgan fingerprint density at radius 2 is 2.00 bits per heavy atom. The SMILES string of the molecule is CN(C)c1ncc(-c2cncnc2)c(C2CNCCO2)n1.Cl. The van der Waals surface area contributed by atoms with Crippen LogP contribution in [0.5, 0.6) is 0 Å². The zero-order valence-corrected chi connectivity index (χ0v) is 13.4. The minimum absolute atomic E-state index is 0. The average molecular weight is 323 g/mol. The summed E-state index contributed by atoms with van der Waals surface area (Å²) in [5.74, 6) is 0.666. The van der Waals surface area contributed by atoms with Crippen molar-refractivity contribution in [3.8, 4) is 11.1 Å². The van der Waals surface area contributed by atoms with Crippen molar-refractivity contribution in [1.29, 1.82) is 0 Å². The Hall–Kier alpha value is -1.83. The first-order valence-electron chi connectivity index (χ1n) is 6.87. The quantitative estimate of drug-likeness (QED) is 0.906. The lowest BCUT2D eigenvalue weighted by molar-refractivity contribution is 0.0254. The number of ether oxygens (including phenoxy) is 1. The monoisotopic (exact) mass is 322 g/mol. The number of hydrogen-bond donors (Lipinski definition) is 1. The van der Waals surface area contributed by atoms with Crippen LogP contribution < -0.4 is 10.2 Å². The Labute approximate surface area is 135 Å². The summed E-state index contributed by atoms with van der Waals surface area (Å²) in [6, 6.07) is 0. The fourth-order valence-corrected chi connectivity index (χ4v) is 2.25. The van der Waals surface area contributed by atoms with E-state index in [1.807, 2.05) is 25.2 Å². The zero-order chi connectivity index (χ0) is 14.7. The van der Waals surface area contributed by atoms with Crippen molar-refractivity contribution in [2.24, 2.45) is 0 Å². The third-order valence-electron chi connectivity index (χ3n) is 3.31. The van der Waals surface area contributed by atoms with E-state index in [1.165, 1.54) is 6.33 Å². The zero-order valence-electron chi connectivity index (χ0n) is 12.6. The third-order valence-corrected chi connectivity index (χ3v) is 3.31. The Morgan fingerprint density at radius 3 is 2.64 bits per heavy atom. The van der Waals surface area contributed by atoms with Crippen molar-refractivity contribution in [2.75, 3.05) is 38.7 Å². The van der Waals surface area contributed by atoms with Crippen molar-refractivity contribution < 1.29 is 4.74 Å². The van der Waals surface area contributed by atoms with Gasteiger partial charge in [-0.3, -0.25) is 0 Å². The van der Waals surface area contributed by atoms with Gasteiger partial charge in [-0.1, -0.05) is 0 Å². The summed E-state index contributed by atoms with van der Waals surface area (Å²) < 4.78 is 5.85. The van der Waals surface area contributed by atoms with Crippen LogP contribution >= 0.6 is 12.4 Å². The second kappa shape index (κ2) is 7.44. The summed E-state index contributed by atoms with van der Waals surface area (Å²) in [5.41, 5.74) is 2.68. The minimum atomic E-state index is -0.0874. The van der Waals surface area contributed by atoms with Crippen LogP contribution in [0.3, 0.4) is 0 Å². The Kier molecular flexibility index (Phi) is 5.59. The molecule has 0 radical (unpaired) electrons. The molecule has 2 aromatic rings. The molecule has 1 aliphatic heterocycles. The topological polar surface area (TPSA) is 76.1 Å². The summed E-state index contributed by atoms with van der Waals surface area (Å²) in [4.78, 5) is 19.1. The largest absolute Gasteiger partial charge is 0.369 e. The molecule has 22 heavy (non-hydrogen) atoms. The van der Waals surface area contributed by atoms with E-state index in [0.717, 1.165) is 29.9 Å². The molecule has 0 aromatic carbocycles. The molecule has 1 fully saturated rings. The molecule has 1 atom stereocenters. The van der Waals surface area contributed by atoms with Crippen LogP contribution in [0.25, 0.3) is 11.1 Å². The maximum Gasteiger partial charge on any atom is 0.225 e. The van der Waals surface area contributed by atoms with Gasteiger partial charge in [-0.05, 0) is 0 Å². The highest BCUT2D eigenvalue weighted by Gasteiger charge is 2.22. The smallest absolute Gasteiger partial charge is 0.225 e. The van der Waals surface area contributed by atoms with Crippen molar-refractivity contribution in [2.45, 2.75) is 6.10 Å². The molecule has 0 amide bonds. The molecule has 8 heteroatoms. The maximum absolute atomic E-state index is 5.85. The summed E-state index contributed by atoms with van der Waals surface area (Å²) >= 11 is 0. The first kappa shape index (κ1) is 16.5. The normalized spacial score (nSPS) is 17.6. The molecule has 118 valence electrons. The van der Waals surface area contributed by atoms with Crippen LogP contribution in [-0.2, 0) is 4.74 Å². The standard InChI is InChI=1S/C14H18N6O.ClH/c1-20(2)14-18-7-11(10-5-16-9-17-6-10)13(19-14)12-8-15-3-4-21-12;/h5-7,9,12,15H,3-4,8H2,1-2H3;1H. The van der Waals surface area contributed by atoms with E-state index in [-0.39, 0.29) is 18.5 Å². The molecule has 3 rings (SSSR count). The molecule has 1 unspecified atom stereocenters.